The molecule has 1 nitrogen and oxygen atoms in total. The van der Waals surface area contributed by atoms with Gasteiger partial charge in [-0.05, 0) is 30.7 Å². The standard InChI is InChI=1S/C12H18FN/c1-2-3-4-5-10-14-12-8-6-11(13)7-9-12/h6-9,14H,2-5,10H2,1H3. The SMILES string of the molecule is CCCCCCNc1ccc(F)cc1. The molecule has 2 heteroatoms. The predicted molar refractivity (Wildman–Crippen MR) is 59.0 cm³/mol. The van der Waals surface area contributed by atoms with Crippen LogP contribution < -0.4 is 5.32 Å². The van der Waals surface area contributed by atoms with Gasteiger partial charge in [-0.2, -0.15) is 0 Å². The third kappa shape index (κ3) is 4.26. The van der Waals surface area contributed by atoms with E-state index < -0.39 is 0 Å². The average molecular weight is 195 g/mol. The smallest absolute Gasteiger partial charge is 0.123 e. The Morgan fingerprint density at radius 1 is 1.07 bits per heavy atom. The second kappa shape index (κ2) is 6.41. The minimum atomic E-state index is -0.179. The summed E-state index contributed by atoms with van der Waals surface area (Å²) in [4.78, 5) is 0. The fourth-order valence-corrected chi connectivity index (χ4v) is 1.35. The van der Waals surface area contributed by atoms with Crippen LogP contribution in [0.1, 0.15) is 32.6 Å². The first kappa shape index (κ1) is 11.0. The Balaban J connectivity index is 2.15. The van der Waals surface area contributed by atoms with Crippen LogP contribution in [0.2, 0.25) is 0 Å². The Hall–Kier alpha value is -1.05. The van der Waals surface area contributed by atoms with Crippen LogP contribution in [0.5, 0.6) is 0 Å². The van der Waals surface area contributed by atoms with Crippen molar-refractivity contribution in [3.05, 3.63) is 30.1 Å². The van der Waals surface area contributed by atoms with Crippen LogP contribution in [-0.2, 0) is 0 Å². The normalized spacial score (nSPS) is 10.1. The highest BCUT2D eigenvalue weighted by molar-refractivity contribution is 5.42. The zero-order valence-electron chi connectivity index (χ0n) is 8.72. The minimum Gasteiger partial charge on any atom is -0.385 e. The van der Waals surface area contributed by atoms with E-state index in [9.17, 15) is 4.39 Å². The van der Waals surface area contributed by atoms with Gasteiger partial charge in [0.05, 0.1) is 0 Å². The van der Waals surface area contributed by atoms with Crippen molar-refractivity contribution in [3.8, 4) is 0 Å². The predicted octanol–water partition coefficient (Wildman–Crippen LogP) is 3.82. The van der Waals surface area contributed by atoms with Crippen molar-refractivity contribution < 1.29 is 4.39 Å². The van der Waals surface area contributed by atoms with Crippen molar-refractivity contribution >= 4 is 5.69 Å². The van der Waals surface area contributed by atoms with Crippen molar-refractivity contribution in [2.45, 2.75) is 32.6 Å². The van der Waals surface area contributed by atoms with Gasteiger partial charge in [0.1, 0.15) is 5.82 Å². The first-order valence-electron chi connectivity index (χ1n) is 5.32. The highest BCUT2D eigenvalue weighted by atomic mass is 19.1. The van der Waals surface area contributed by atoms with Gasteiger partial charge in [-0.25, -0.2) is 4.39 Å². The molecule has 0 saturated carbocycles. The Kier molecular flexibility index (Phi) is 5.05. The van der Waals surface area contributed by atoms with Crippen LogP contribution in [-0.4, -0.2) is 6.54 Å². The van der Waals surface area contributed by atoms with E-state index in [0.717, 1.165) is 12.2 Å². The minimum absolute atomic E-state index is 0.179. The summed E-state index contributed by atoms with van der Waals surface area (Å²) in [6.07, 6.45) is 5.01. The first-order chi connectivity index (χ1) is 6.83. The molecule has 0 aliphatic rings. The fraction of sp³-hybridized carbons (Fsp3) is 0.500. The number of hydrogen-bond donors (Lipinski definition) is 1. The monoisotopic (exact) mass is 195 g/mol. The number of halogens is 1. The lowest BCUT2D eigenvalue weighted by Crippen LogP contribution is -2.00. The molecular weight excluding hydrogens is 177 g/mol. The molecule has 1 aromatic carbocycles. The van der Waals surface area contributed by atoms with Crippen LogP contribution in [0.15, 0.2) is 24.3 Å². The van der Waals surface area contributed by atoms with Crippen LogP contribution in [0, 0.1) is 5.82 Å². The zero-order chi connectivity index (χ0) is 10.2. The first-order valence-corrected chi connectivity index (χ1v) is 5.32. The van der Waals surface area contributed by atoms with Crippen molar-refractivity contribution in [2.75, 3.05) is 11.9 Å². The summed E-state index contributed by atoms with van der Waals surface area (Å²) in [6.45, 7) is 3.18. The molecule has 0 saturated heterocycles. The molecule has 1 rings (SSSR count). The molecule has 14 heavy (non-hydrogen) atoms. The van der Waals surface area contributed by atoms with Crippen LogP contribution >= 0.6 is 0 Å². The molecule has 0 aromatic heterocycles. The highest BCUT2D eigenvalue weighted by Crippen LogP contribution is 2.08. The van der Waals surface area contributed by atoms with E-state index in [1.54, 1.807) is 12.1 Å². The van der Waals surface area contributed by atoms with E-state index in [2.05, 4.69) is 12.2 Å². The molecule has 0 amide bonds. The third-order valence-corrected chi connectivity index (χ3v) is 2.20. The summed E-state index contributed by atoms with van der Waals surface area (Å²) in [5, 5.41) is 3.26. The molecular formula is C12H18FN. The topological polar surface area (TPSA) is 12.0 Å². The molecule has 0 radical (unpaired) electrons. The Morgan fingerprint density at radius 2 is 1.79 bits per heavy atom. The molecule has 0 unspecified atom stereocenters. The molecule has 1 N–H and O–H groups in total. The molecule has 0 atom stereocenters. The second-order valence-corrected chi connectivity index (χ2v) is 3.49. The Morgan fingerprint density at radius 3 is 2.43 bits per heavy atom. The van der Waals surface area contributed by atoms with Gasteiger partial charge in [0.15, 0.2) is 0 Å². The highest BCUT2D eigenvalue weighted by Gasteiger charge is 1.92. The number of anilines is 1. The Labute approximate surface area is 85.3 Å². The van der Waals surface area contributed by atoms with Crippen molar-refractivity contribution in [1.82, 2.24) is 0 Å². The number of nitrogens with one attached hydrogen (secondary N) is 1. The molecule has 0 aliphatic heterocycles. The lowest BCUT2D eigenvalue weighted by Gasteiger charge is -2.05. The lowest BCUT2D eigenvalue weighted by molar-refractivity contribution is 0.628. The van der Waals surface area contributed by atoms with Crippen molar-refractivity contribution in [1.29, 1.82) is 0 Å². The molecule has 0 bridgehead atoms. The number of hydrogen-bond acceptors (Lipinski definition) is 1. The zero-order valence-corrected chi connectivity index (χ0v) is 8.72. The maximum absolute atomic E-state index is 12.5. The third-order valence-electron chi connectivity index (χ3n) is 2.20. The van der Waals surface area contributed by atoms with Gasteiger partial charge in [-0.15, -0.1) is 0 Å². The van der Waals surface area contributed by atoms with Crippen LogP contribution in [0.4, 0.5) is 10.1 Å². The van der Waals surface area contributed by atoms with E-state index >= 15 is 0 Å². The molecule has 0 fully saturated rings. The van der Waals surface area contributed by atoms with Gasteiger partial charge in [-0.1, -0.05) is 26.2 Å². The van der Waals surface area contributed by atoms with E-state index in [1.807, 2.05) is 0 Å². The van der Waals surface area contributed by atoms with Crippen molar-refractivity contribution in [2.24, 2.45) is 0 Å². The summed E-state index contributed by atoms with van der Waals surface area (Å²) in [5.41, 5.74) is 1.00. The molecule has 1 aromatic rings. The molecule has 0 spiro atoms. The average Bonchev–Trinajstić information content (AvgIpc) is 2.21. The van der Waals surface area contributed by atoms with Gasteiger partial charge in [0.2, 0.25) is 0 Å². The quantitative estimate of drug-likeness (QED) is 0.680. The van der Waals surface area contributed by atoms with Gasteiger partial charge >= 0.3 is 0 Å². The van der Waals surface area contributed by atoms with Crippen LogP contribution in [0.25, 0.3) is 0 Å². The maximum Gasteiger partial charge on any atom is 0.123 e. The molecule has 0 aliphatic carbocycles. The Bertz CT molecular complexity index is 243. The van der Waals surface area contributed by atoms with Gasteiger partial charge in [-0.3, -0.25) is 0 Å². The van der Waals surface area contributed by atoms with E-state index in [1.165, 1.54) is 37.8 Å². The van der Waals surface area contributed by atoms with Crippen LogP contribution in [0.3, 0.4) is 0 Å². The number of unbranched alkanes of at least 4 members (excludes halogenated alkanes) is 3. The summed E-state index contributed by atoms with van der Waals surface area (Å²) in [6, 6.07) is 6.51. The second-order valence-electron chi connectivity index (χ2n) is 3.49. The number of benzene rings is 1. The van der Waals surface area contributed by atoms with E-state index in [4.69, 9.17) is 0 Å². The molecule has 78 valence electrons. The van der Waals surface area contributed by atoms with E-state index in [-0.39, 0.29) is 5.82 Å². The van der Waals surface area contributed by atoms with Gasteiger partial charge in [0.25, 0.3) is 0 Å². The number of rotatable bonds is 6. The summed E-state index contributed by atoms with van der Waals surface area (Å²) in [5.74, 6) is -0.179. The summed E-state index contributed by atoms with van der Waals surface area (Å²) < 4.78 is 12.5. The van der Waals surface area contributed by atoms with E-state index in [0.29, 0.717) is 0 Å². The van der Waals surface area contributed by atoms with Gasteiger partial charge in [0, 0.05) is 12.2 Å². The molecule has 0 heterocycles. The summed E-state index contributed by atoms with van der Waals surface area (Å²) in [7, 11) is 0. The van der Waals surface area contributed by atoms with Gasteiger partial charge < -0.3 is 5.32 Å². The van der Waals surface area contributed by atoms with Crippen molar-refractivity contribution in [3.63, 3.8) is 0 Å². The largest absolute Gasteiger partial charge is 0.385 e. The maximum atomic E-state index is 12.5. The fourth-order valence-electron chi connectivity index (χ4n) is 1.35. The lowest BCUT2D eigenvalue weighted by atomic mass is 10.2. The summed E-state index contributed by atoms with van der Waals surface area (Å²) >= 11 is 0.